The van der Waals surface area contributed by atoms with Gasteiger partial charge in [-0.3, -0.25) is 4.79 Å². The first-order valence-corrected chi connectivity index (χ1v) is 8.91. The number of hydrogen-bond acceptors (Lipinski definition) is 5. The van der Waals surface area contributed by atoms with Crippen LogP contribution in [0.1, 0.15) is 11.3 Å². The summed E-state index contributed by atoms with van der Waals surface area (Å²) in [6, 6.07) is 3.96. The Morgan fingerprint density at radius 1 is 1.19 bits per heavy atom. The summed E-state index contributed by atoms with van der Waals surface area (Å²) < 4.78 is 68.1. The van der Waals surface area contributed by atoms with Crippen LogP contribution in [0.5, 0.6) is 5.75 Å². The van der Waals surface area contributed by atoms with Crippen molar-refractivity contribution < 1.29 is 26.3 Å². The Morgan fingerprint density at radius 3 is 2.46 bits per heavy atom. The Bertz CT molecular complexity index is 985. The lowest BCUT2D eigenvalue weighted by Crippen LogP contribution is -2.39. The summed E-state index contributed by atoms with van der Waals surface area (Å²) in [5.74, 6) is -0.509. The van der Waals surface area contributed by atoms with E-state index in [-0.39, 0.29) is 30.0 Å². The van der Waals surface area contributed by atoms with E-state index in [2.05, 4.69) is 9.72 Å². The summed E-state index contributed by atoms with van der Waals surface area (Å²) >= 11 is 0. The fraction of sp³-hybridized carbons (Fsp3) is 0.333. The smallest absolute Gasteiger partial charge is 0.406 e. The van der Waals surface area contributed by atoms with Gasteiger partial charge >= 0.3 is 6.36 Å². The SMILES string of the molecule is Cn1cnc2c(c1=O)CCN(S(=O)(=O)c1ccc(OC(F)(F)F)cc1)C2. The largest absolute Gasteiger partial charge is 0.573 e. The van der Waals surface area contributed by atoms with Gasteiger partial charge in [-0.15, -0.1) is 13.2 Å². The summed E-state index contributed by atoms with van der Waals surface area (Å²) in [4.78, 5) is 16.0. The Kier molecular flexibility index (Phi) is 4.53. The van der Waals surface area contributed by atoms with E-state index in [1.165, 1.54) is 10.9 Å². The summed E-state index contributed by atoms with van der Waals surface area (Å²) in [7, 11) is -2.38. The molecular weight excluding hydrogens is 375 g/mol. The number of ether oxygens (including phenoxy) is 1. The van der Waals surface area contributed by atoms with Gasteiger partial charge in [0.15, 0.2) is 0 Å². The molecule has 1 aliphatic rings. The molecule has 1 aromatic carbocycles. The van der Waals surface area contributed by atoms with Crippen molar-refractivity contribution in [2.75, 3.05) is 6.54 Å². The van der Waals surface area contributed by atoms with E-state index in [0.29, 0.717) is 11.3 Å². The molecule has 0 unspecified atom stereocenters. The third-order valence-electron chi connectivity index (χ3n) is 3.95. The molecule has 0 N–H and O–H groups in total. The van der Waals surface area contributed by atoms with E-state index in [0.717, 1.165) is 28.6 Å². The van der Waals surface area contributed by atoms with Crippen molar-refractivity contribution in [1.29, 1.82) is 0 Å². The van der Waals surface area contributed by atoms with Crippen LogP contribution in [0.2, 0.25) is 0 Å². The van der Waals surface area contributed by atoms with Crippen molar-refractivity contribution in [3.8, 4) is 5.75 Å². The van der Waals surface area contributed by atoms with E-state index < -0.39 is 22.1 Å². The molecule has 0 radical (unpaired) electrons. The van der Waals surface area contributed by atoms with E-state index in [1.807, 2.05) is 0 Å². The summed E-state index contributed by atoms with van der Waals surface area (Å²) in [5.41, 5.74) is 0.621. The maximum Gasteiger partial charge on any atom is 0.573 e. The molecular formula is C15H14F3N3O4S. The Hall–Kier alpha value is -2.40. The summed E-state index contributed by atoms with van der Waals surface area (Å²) in [6.45, 7) is 0.00557. The van der Waals surface area contributed by atoms with Gasteiger partial charge in [-0.05, 0) is 30.7 Å². The van der Waals surface area contributed by atoms with Crippen molar-refractivity contribution in [2.24, 2.45) is 7.05 Å². The highest BCUT2D eigenvalue weighted by atomic mass is 32.2. The van der Waals surface area contributed by atoms with Crippen molar-refractivity contribution in [3.05, 3.63) is 52.2 Å². The average Bonchev–Trinajstić information content (AvgIpc) is 2.57. The first kappa shape index (κ1) is 18.4. The minimum Gasteiger partial charge on any atom is -0.406 e. The number of halogens is 3. The number of nitrogens with zero attached hydrogens (tertiary/aromatic N) is 3. The van der Waals surface area contributed by atoms with Gasteiger partial charge in [-0.2, -0.15) is 4.31 Å². The molecule has 140 valence electrons. The van der Waals surface area contributed by atoms with Crippen LogP contribution in [-0.2, 0) is 30.0 Å². The maximum absolute atomic E-state index is 12.7. The molecule has 0 amide bonds. The van der Waals surface area contributed by atoms with Gasteiger partial charge in [0.2, 0.25) is 10.0 Å². The number of benzene rings is 1. The highest BCUT2D eigenvalue weighted by Gasteiger charge is 2.32. The molecule has 0 aliphatic carbocycles. The van der Waals surface area contributed by atoms with Crippen molar-refractivity contribution in [3.63, 3.8) is 0 Å². The zero-order valence-electron chi connectivity index (χ0n) is 13.5. The van der Waals surface area contributed by atoms with Crippen molar-refractivity contribution in [2.45, 2.75) is 24.2 Å². The molecule has 0 saturated carbocycles. The zero-order valence-corrected chi connectivity index (χ0v) is 14.3. The Morgan fingerprint density at radius 2 is 1.85 bits per heavy atom. The highest BCUT2D eigenvalue weighted by Crippen LogP contribution is 2.26. The van der Waals surface area contributed by atoms with Crippen LogP contribution in [0.3, 0.4) is 0 Å². The number of fused-ring (bicyclic) bond motifs is 1. The monoisotopic (exact) mass is 389 g/mol. The number of rotatable bonds is 3. The predicted octanol–water partition coefficient (Wildman–Crippen LogP) is 1.43. The van der Waals surface area contributed by atoms with Gasteiger partial charge < -0.3 is 9.30 Å². The zero-order chi connectivity index (χ0) is 19.1. The van der Waals surface area contributed by atoms with Crippen molar-refractivity contribution >= 4 is 10.0 Å². The lowest BCUT2D eigenvalue weighted by atomic mass is 10.1. The third kappa shape index (κ3) is 3.58. The van der Waals surface area contributed by atoms with E-state index >= 15 is 0 Å². The molecule has 7 nitrogen and oxygen atoms in total. The molecule has 0 spiro atoms. The molecule has 0 saturated heterocycles. The molecule has 3 rings (SSSR count). The fourth-order valence-electron chi connectivity index (χ4n) is 2.66. The lowest BCUT2D eigenvalue weighted by molar-refractivity contribution is -0.274. The Balaban J connectivity index is 1.85. The molecule has 0 atom stereocenters. The topological polar surface area (TPSA) is 81.5 Å². The summed E-state index contributed by atoms with van der Waals surface area (Å²) in [5, 5.41) is 0. The van der Waals surface area contributed by atoms with Gasteiger partial charge in [-0.1, -0.05) is 0 Å². The molecule has 2 aromatic rings. The van der Waals surface area contributed by atoms with E-state index in [9.17, 15) is 26.4 Å². The lowest BCUT2D eigenvalue weighted by Gasteiger charge is -2.27. The van der Waals surface area contributed by atoms with Crippen LogP contribution in [0.4, 0.5) is 13.2 Å². The van der Waals surface area contributed by atoms with Gasteiger partial charge in [0, 0.05) is 19.2 Å². The second kappa shape index (κ2) is 6.40. The minimum absolute atomic E-state index is 0.0749. The average molecular weight is 389 g/mol. The van der Waals surface area contributed by atoms with Crippen molar-refractivity contribution in [1.82, 2.24) is 13.9 Å². The first-order chi connectivity index (χ1) is 12.1. The second-order valence-corrected chi connectivity index (χ2v) is 7.63. The van der Waals surface area contributed by atoms with Crippen LogP contribution in [0, 0.1) is 0 Å². The number of aryl methyl sites for hydroxylation is 1. The van der Waals surface area contributed by atoms with Crippen LogP contribution >= 0.6 is 0 Å². The molecule has 0 fully saturated rings. The molecule has 1 aliphatic heterocycles. The molecule has 1 aromatic heterocycles. The Labute approximate surface area is 146 Å². The van der Waals surface area contributed by atoms with Gasteiger partial charge in [0.1, 0.15) is 5.75 Å². The number of hydrogen-bond donors (Lipinski definition) is 0. The molecule has 26 heavy (non-hydrogen) atoms. The molecule has 11 heteroatoms. The normalized spacial score (nSPS) is 15.5. The van der Waals surface area contributed by atoms with Crippen LogP contribution in [-0.4, -0.2) is 35.2 Å². The van der Waals surface area contributed by atoms with E-state index in [1.54, 1.807) is 7.05 Å². The number of aromatic nitrogens is 2. The first-order valence-electron chi connectivity index (χ1n) is 7.47. The molecule has 2 heterocycles. The van der Waals surface area contributed by atoms with Gasteiger partial charge in [0.05, 0.1) is 23.5 Å². The quantitative estimate of drug-likeness (QED) is 0.793. The highest BCUT2D eigenvalue weighted by molar-refractivity contribution is 7.89. The van der Waals surface area contributed by atoms with Crippen LogP contribution < -0.4 is 10.3 Å². The van der Waals surface area contributed by atoms with Crippen LogP contribution in [0.15, 0.2) is 40.3 Å². The van der Waals surface area contributed by atoms with Crippen LogP contribution in [0.25, 0.3) is 0 Å². The second-order valence-electron chi connectivity index (χ2n) is 5.69. The summed E-state index contributed by atoms with van der Waals surface area (Å²) in [6.07, 6.45) is -3.32. The number of sulfonamides is 1. The van der Waals surface area contributed by atoms with Gasteiger partial charge in [-0.25, -0.2) is 13.4 Å². The maximum atomic E-state index is 12.7. The standard InChI is InChI=1S/C15H14F3N3O4S/c1-20-9-19-13-8-21(7-6-12(13)14(20)22)26(23,24)11-4-2-10(3-5-11)25-15(16,17)18/h2-5,9H,6-8H2,1H3. The molecule has 0 bridgehead atoms. The minimum atomic E-state index is -4.85. The third-order valence-corrected chi connectivity index (χ3v) is 5.81. The number of alkyl halides is 3. The predicted molar refractivity (Wildman–Crippen MR) is 83.9 cm³/mol. The van der Waals surface area contributed by atoms with Gasteiger partial charge in [0.25, 0.3) is 5.56 Å². The fourth-order valence-corrected chi connectivity index (χ4v) is 4.06. The van der Waals surface area contributed by atoms with E-state index in [4.69, 9.17) is 0 Å².